The summed E-state index contributed by atoms with van der Waals surface area (Å²) in [6, 6.07) is 3.36. The summed E-state index contributed by atoms with van der Waals surface area (Å²) < 4.78 is 11.1. The number of hydrogen-bond donors (Lipinski definition) is 1. The Balaban J connectivity index is 1.97. The molecule has 110 valence electrons. The van der Waals surface area contributed by atoms with Crippen molar-refractivity contribution >= 4 is 17.6 Å². The summed E-state index contributed by atoms with van der Waals surface area (Å²) in [5.41, 5.74) is -1.27. The molecule has 0 unspecified atom stereocenters. The molecule has 0 amide bonds. The van der Waals surface area contributed by atoms with Gasteiger partial charge in [0.15, 0.2) is 5.54 Å². The molecule has 0 aliphatic carbocycles. The van der Waals surface area contributed by atoms with Crippen molar-refractivity contribution in [3.63, 3.8) is 0 Å². The van der Waals surface area contributed by atoms with E-state index in [-0.39, 0.29) is 12.6 Å². The number of nitrogens with one attached hydrogen (secondary N) is 1. The van der Waals surface area contributed by atoms with Crippen LogP contribution in [0.1, 0.15) is 27.2 Å². The summed E-state index contributed by atoms with van der Waals surface area (Å²) in [7, 11) is 0. The highest BCUT2D eigenvalue weighted by Crippen LogP contribution is 2.25. The zero-order valence-electron chi connectivity index (χ0n) is 11.9. The van der Waals surface area contributed by atoms with E-state index in [0.29, 0.717) is 17.3 Å². The topological polar surface area (TPSA) is 60.5 Å². The van der Waals surface area contributed by atoms with Crippen molar-refractivity contribution < 1.29 is 14.3 Å². The van der Waals surface area contributed by atoms with Gasteiger partial charge in [0.1, 0.15) is 23.1 Å². The van der Waals surface area contributed by atoms with Crippen molar-refractivity contribution in [2.24, 2.45) is 0 Å². The van der Waals surface area contributed by atoms with Gasteiger partial charge in [0.05, 0.1) is 6.20 Å². The van der Waals surface area contributed by atoms with E-state index in [1.165, 1.54) is 6.20 Å². The zero-order valence-corrected chi connectivity index (χ0v) is 12.7. The van der Waals surface area contributed by atoms with Gasteiger partial charge >= 0.3 is 5.97 Å². The summed E-state index contributed by atoms with van der Waals surface area (Å²) in [5.74, 6) is 0.296. The third-order valence-electron chi connectivity index (χ3n) is 2.99. The average Bonchev–Trinajstić information content (AvgIpc) is 2.27. The minimum atomic E-state index is -0.757. The van der Waals surface area contributed by atoms with Gasteiger partial charge in [0.2, 0.25) is 0 Å². The number of carbonyl (C=O) groups excluding carboxylic acids is 1. The number of carbonyl (C=O) groups is 1. The number of nitrogens with zero attached hydrogens (tertiary/aromatic N) is 1. The van der Waals surface area contributed by atoms with E-state index in [1.807, 2.05) is 20.8 Å². The first-order valence-electron chi connectivity index (χ1n) is 6.54. The Hall–Kier alpha value is -1.33. The van der Waals surface area contributed by atoms with Crippen molar-refractivity contribution in [2.75, 3.05) is 13.2 Å². The molecular formula is C14H19ClN2O3. The van der Waals surface area contributed by atoms with E-state index in [4.69, 9.17) is 21.1 Å². The number of hydrogen-bond acceptors (Lipinski definition) is 5. The van der Waals surface area contributed by atoms with E-state index in [0.717, 1.165) is 6.54 Å². The number of esters is 1. The van der Waals surface area contributed by atoms with E-state index >= 15 is 0 Å². The maximum absolute atomic E-state index is 12.2. The molecule has 1 aromatic heterocycles. The second-order valence-corrected chi connectivity index (χ2v) is 6.25. The third-order valence-corrected chi connectivity index (χ3v) is 3.21. The molecule has 1 fully saturated rings. The van der Waals surface area contributed by atoms with Crippen molar-refractivity contribution in [2.45, 2.75) is 38.3 Å². The first-order valence-corrected chi connectivity index (χ1v) is 6.91. The van der Waals surface area contributed by atoms with Crippen LogP contribution in [0, 0.1) is 0 Å². The normalized spacial score (nSPS) is 22.0. The lowest BCUT2D eigenvalue weighted by Crippen LogP contribution is -2.66. The smallest absolute Gasteiger partial charge is 0.330 e. The number of ether oxygens (including phenoxy) is 2. The fraction of sp³-hybridized carbons (Fsp3) is 0.571. The summed E-state index contributed by atoms with van der Waals surface area (Å²) in [5, 5.41) is 3.52. The van der Waals surface area contributed by atoms with Crippen molar-refractivity contribution in [3.05, 3.63) is 23.5 Å². The predicted octanol–water partition coefficient (Wildman–Crippen LogP) is 2.19. The van der Waals surface area contributed by atoms with Crippen LogP contribution in [0.15, 0.2) is 18.3 Å². The van der Waals surface area contributed by atoms with Crippen LogP contribution in [0.5, 0.6) is 5.75 Å². The van der Waals surface area contributed by atoms with Gasteiger partial charge in [0, 0.05) is 0 Å². The molecule has 0 radical (unpaired) electrons. The zero-order chi connectivity index (χ0) is 14.8. The minimum Gasteiger partial charge on any atom is -0.489 e. The van der Waals surface area contributed by atoms with Gasteiger partial charge in [-0.1, -0.05) is 11.6 Å². The quantitative estimate of drug-likeness (QED) is 0.682. The van der Waals surface area contributed by atoms with Gasteiger partial charge in [-0.05, 0) is 45.9 Å². The molecule has 0 saturated carbocycles. The maximum Gasteiger partial charge on any atom is 0.330 e. The average molecular weight is 299 g/mol. The molecule has 0 spiro atoms. The molecule has 1 N–H and O–H groups in total. The van der Waals surface area contributed by atoms with Crippen LogP contribution in [0.2, 0.25) is 5.15 Å². The molecule has 1 atom stereocenters. The summed E-state index contributed by atoms with van der Waals surface area (Å²) in [6.07, 6.45) is 2.23. The van der Waals surface area contributed by atoms with Gasteiger partial charge < -0.3 is 9.47 Å². The van der Waals surface area contributed by atoms with Crippen LogP contribution < -0.4 is 10.1 Å². The molecule has 1 aliphatic rings. The lowest BCUT2D eigenvalue weighted by molar-refractivity contribution is -0.168. The van der Waals surface area contributed by atoms with Crippen molar-refractivity contribution in [3.8, 4) is 5.75 Å². The van der Waals surface area contributed by atoms with Crippen molar-refractivity contribution in [1.29, 1.82) is 0 Å². The van der Waals surface area contributed by atoms with E-state index in [2.05, 4.69) is 10.3 Å². The fourth-order valence-corrected chi connectivity index (χ4v) is 1.92. The highest BCUT2D eigenvalue weighted by atomic mass is 35.5. The summed E-state index contributed by atoms with van der Waals surface area (Å²) >= 11 is 5.71. The fourth-order valence-electron chi connectivity index (χ4n) is 1.81. The Bertz CT molecular complexity index is 478. The number of aromatic nitrogens is 1. The first-order chi connectivity index (χ1) is 9.31. The monoisotopic (exact) mass is 298 g/mol. The molecule has 0 aromatic carbocycles. The Labute approximate surface area is 123 Å². The maximum atomic E-state index is 12.2. The molecule has 20 heavy (non-hydrogen) atoms. The van der Waals surface area contributed by atoms with E-state index < -0.39 is 11.1 Å². The van der Waals surface area contributed by atoms with Crippen LogP contribution in [-0.2, 0) is 9.53 Å². The van der Waals surface area contributed by atoms with Gasteiger partial charge in [-0.3, -0.25) is 5.32 Å². The van der Waals surface area contributed by atoms with Crippen LogP contribution in [0.3, 0.4) is 0 Å². The van der Waals surface area contributed by atoms with Crippen LogP contribution in [0.4, 0.5) is 0 Å². The minimum absolute atomic E-state index is 0.214. The van der Waals surface area contributed by atoms with Gasteiger partial charge in [-0.2, -0.15) is 0 Å². The Kier molecular flexibility index (Phi) is 4.20. The molecular weight excluding hydrogens is 280 g/mol. The third kappa shape index (κ3) is 3.61. The molecule has 6 heteroatoms. The number of rotatable bonds is 4. The van der Waals surface area contributed by atoms with Crippen LogP contribution in [0.25, 0.3) is 0 Å². The molecule has 2 heterocycles. The van der Waals surface area contributed by atoms with Crippen molar-refractivity contribution in [1.82, 2.24) is 10.3 Å². The van der Waals surface area contributed by atoms with E-state index in [1.54, 1.807) is 12.1 Å². The standard InChI is InChI=1S/C14H19ClN2O3/c1-13(2,3)20-12(18)14(6-7-17-14)9-19-10-4-5-11(15)16-8-10/h4-5,8,17H,6-7,9H2,1-3H3/t14-/m0/s1. The number of halogens is 1. The van der Waals surface area contributed by atoms with E-state index in [9.17, 15) is 4.79 Å². The summed E-state index contributed by atoms with van der Waals surface area (Å²) in [6.45, 7) is 6.54. The van der Waals surface area contributed by atoms with Gasteiger partial charge in [-0.15, -0.1) is 0 Å². The van der Waals surface area contributed by atoms with Gasteiger partial charge in [0.25, 0.3) is 0 Å². The second-order valence-electron chi connectivity index (χ2n) is 5.87. The van der Waals surface area contributed by atoms with Gasteiger partial charge in [-0.25, -0.2) is 9.78 Å². The SMILES string of the molecule is CC(C)(C)OC(=O)[C@@]1(COc2ccc(Cl)nc2)CCN1. The largest absolute Gasteiger partial charge is 0.489 e. The Morgan fingerprint density at radius 1 is 1.50 bits per heavy atom. The lowest BCUT2D eigenvalue weighted by atomic mass is 9.88. The molecule has 1 aromatic rings. The molecule has 5 nitrogen and oxygen atoms in total. The Morgan fingerprint density at radius 3 is 2.65 bits per heavy atom. The second kappa shape index (κ2) is 5.58. The van der Waals surface area contributed by atoms with Crippen LogP contribution in [-0.4, -0.2) is 35.2 Å². The highest BCUT2D eigenvalue weighted by Gasteiger charge is 2.47. The predicted molar refractivity (Wildman–Crippen MR) is 75.9 cm³/mol. The number of pyridine rings is 1. The first kappa shape index (κ1) is 15.1. The van der Waals surface area contributed by atoms with Crippen LogP contribution >= 0.6 is 11.6 Å². The Morgan fingerprint density at radius 2 is 2.20 bits per heavy atom. The molecule has 1 saturated heterocycles. The molecule has 0 bridgehead atoms. The molecule has 2 rings (SSSR count). The molecule has 1 aliphatic heterocycles. The highest BCUT2D eigenvalue weighted by molar-refractivity contribution is 6.29. The lowest BCUT2D eigenvalue weighted by Gasteiger charge is -2.41. The summed E-state index contributed by atoms with van der Waals surface area (Å²) in [4.78, 5) is 16.2.